The van der Waals surface area contributed by atoms with E-state index in [9.17, 15) is 4.79 Å². The Morgan fingerprint density at radius 2 is 2.21 bits per heavy atom. The van der Waals surface area contributed by atoms with Crippen molar-refractivity contribution in [1.82, 2.24) is 15.0 Å². The van der Waals surface area contributed by atoms with Gasteiger partial charge in [-0.2, -0.15) is 0 Å². The van der Waals surface area contributed by atoms with E-state index in [1.807, 2.05) is 19.2 Å². The second-order valence-electron chi connectivity index (χ2n) is 4.28. The zero-order chi connectivity index (χ0) is 13.4. The van der Waals surface area contributed by atoms with E-state index in [-0.39, 0.29) is 5.97 Å². The van der Waals surface area contributed by atoms with Crippen LogP contribution in [0.5, 0.6) is 0 Å². The molecule has 0 saturated heterocycles. The van der Waals surface area contributed by atoms with E-state index < -0.39 is 0 Å². The van der Waals surface area contributed by atoms with Gasteiger partial charge in [0.15, 0.2) is 0 Å². The number of methoxy groups -OCH3 is 1. The summed E-state index contributed by atoms with van der Waals surface area (Å²) >= 11 is 0. The third kappa shape index (κ3) is 1.83. The maximum absolute atomic E-state index is 11.5. The third-order valence-electron chi connectivity index (χ3n) is 3.14. The van der Waals surface area contributed by atoms with Gasteiger partial charge in [0, 0.05) is 28.9 Å². The van der Waals surface area contributed by atoms with E-state index in [0.717, 1.165) is 34.2 Å². The lowest BCUT2D eigenvalue weighted by Crippen LogP contribution is -2.00. The minimum atomic E-state index is -0.346. The average molecular weight is 255 g/mol. The number of esters is 1. The van der Waals surface area contributed by atoms with Crippen LogP contribution in [-0.2, 0) is 11.2 Å². The summed E-state index contributed by atoms with van der Waals surface area (Å²) in [5.74, 6) is 0.452. The number of nitrogens with zero attached hydrogens (tertiary/aromatic N) is 2. The number of H-pyrrole nitrogens is 1. The molecule has 0 aliphatic carbocycles. The van der Waals surface area contributed by atoms with Crippen molar-refractivity contribution in [3.05, 3.63) is 35.8 Å². The summed E-state index contributed by atoms with van der Waals surface area (Å²) < 4.78 is 4.71. The molecule has 5 heteroatoms. The van der Waals surface area contributed by atoms with E-state index in [1.165, 1.54) is 7.11 Å². The van der Waals surface area contributed by atoms with Crippen LogP contribution in [0.3, 0.4) is 0 Å². The van der Waals surface area contributed by atoms with Crippen molar-refractivity contribution in [2.24, 2.45) is 0 Å². The van der Waals surface area contributed by atoms with Gasteiger partial charge in [-0.1, -0.05) is 13.0 Å². The highest BCUT2D eigenvalue weighted by atomic mass is 16.5. The van der Waals surface area contributed by atoms with E-state index in [2.05, 4.69) is 15.0 Å². The summed E-state index contributed by atoms with van der Waals surface area (Å²) in [4.78, 5) is 23.5. The van der Waals surface area contributed by atoms with Crippen molar-refractivity contribution >= 4 is 27.9 Å². The fourth-order valence-electron chi connectivity index (χ4n) is 2.14. The number of hydrogen-bond donors (Lipinski definition) is 1. The summed E-state index contributed by atoms with van der Waals surface area (Å²) in [6, 6.07) is 5.40. The van der Waals surface area contributed by atoms with Crippen molar-refractivity contribution in [2.45, 2.75) is 13.3 Å². The first-order valence-corrected chi connectivity index (χ1v) is 6.08. The zero-order valence-electron chi connectivity index (χ0n) is 10.7. The summed E-state index contributed by atoms with van der Waals surface area (Å²) in [5, 5.41) is 1.97. The largest absolute Gasteiger partial charge is 0.465 e. The van der Waals surface area contributed by atoms with Crippen LogP contribution in [0.25, 0.3) is 21.9 Å². The van der Waals surface area contributed by atoms with E-state index in [4.69, 9.17) is 4.74 Å². The maximum Gasteiger partial charge on any atom is 0.337 e. The van der Waals surface area contributed by atoms with Crippen molar-refractivity contribution in [3.8, 4) is 0 Å². The first-order chi connectivity index (χ1) is 9.22. The molecule has 0 unspecified atom stereocenters. The Morgan fingerprint density at radius 3 is 2.95 bits per heavy atom. The molecule has 2 heterocycles. The van der Waals surface area contributed by atoms with Crippen LogP contribution in [0.1, 0.15) is 23.1 Å². The van der Waals surface area contributed by atoms with Crippen molar-refractivity contribution < 1.29 is 9.53 Å². The summed E-state index contributed by atoms with van der Waals surface area (Å²) in [6.07, 6.45) is 2.61. The topological polar surface area (TPSA) is 67.9 Å². The van der Waals surface area contributed by atoms with Gasteiger partial charge in [0.25, 0.3) is 0 Å². The molecule has 2 aromatic heterocycles. The Kier molecular flexibility index (Phi) is 2.67. The molecule has 0 aliphatic heterocycles. The van der Waals surface area contributed by atoms with Crippen molar-refractivity contribution in [1.29, 1.82) is 0 Å². The predicted molar refractivity (Wildman–Crippen MR) is 72.1 cm³/mol. The fourth-order valence-corrected chi connectivity index (χ4v) is 2.14. The lowest BCUT2D eigenvalue weighted by molar-refractivity contribution is 0.0601. The Hall–Kier alpha value is -2.43. The van der Waals surface area contributed by atoms with Crippen LogP contribution in [0.4, 0.5) is 0 Å². The Balaban J connectivity index is 2.24. The van der Waals surface area contributed by atoms with Gasteiger partial charge in [0.1, 0.15) is 11.5 Å². The van der Waals surface area contributed by atoms with Crippen molar-refractivity contribution in [2.75, 3.05) is 7.11 Å². The number of aryl methyl sites for hydroxylation is 1. The van der Waals surface area contributed by atoms with Gasteiger partial charge in [-0.05, 0) is 12.1 Å². The number of hydrogen-bond acceptors (Lipinski definition) is 4. The molecule has 5 nitrogen and oxygen atoms in total. The number of carbonyl (C=O) groups is 1. The van der Waals surface area contributed by atoms with Crippen LogP contribution in [0.2, 0.25) is 0 Å². The summed E-state index contributed by atoms with van der Waals surface area (Å²) in [5.41, 5.74) is 2.18. The first-order valence-electron chi connectivity index (χ1n) is 6.08. The molecule has 0 fully saturated rings. The molecule has 3 rings (SSSR count). The van der Waals surface area contributed by atoms with E-state index >= 15 is 0 Å². The molecule has 0 aliphatic rings. The lowest BCUT2D eigenvalue weighted by atomic mass is 10.1. The standard InChI is InChI=1S/C14H13N3O2/c1-3-12-15-7-10-9-5-4-8(14(18)19-2)6-11(9)16-13(10)17-12/h4-7H,3H2,1-2H3,(H,15,16,17). The zero-order valence-corrected chi connectivity index (χ0v) is 10.7. The minimum absolute atomic E-state index is 0.346. The van der Waals surface area contributed by atoms with Crippen LogP contribution < -0.4 is 0 Å². The molecule has 0 saturated carbocycles. The molecule has 0 amide bonds. The molecular weight excluding hydrogens is 242 g/mol. The molecule has 1 N–H and O–H groups in total. The number of aromatic nitrogens is 3. The Labute approximate surface area is 109 Å². The molecule has 19 heavy (non-hydrogen) atoms. The molecule has 0 radical (unpaired) electrons. The molecular formula is C14H13N3O2. The van der Waals surface area contributed by atoms with E-state index in [0.29, 0.717) is 5.56 Å². The van der Waals surface area contributed by atoms with Crippen LogP contribution in [0.15, 0.2) is 24.4 Å². The average Bonchev–Trinajstić information content (AvgIpc) is 2.82. The number of rotatable bonds is 2. The fraction of sp³-hybridized carbons (Fsp3) is 0.214. The van der Waals surface area contributed by atoms with E-state index in [1.54, 1.807) is 12.1 Å². The second-order valence-corrected chi connectivity index (χ2v) is 4.28. The van der Waals surface area contributed by atoms with Gasteiger partial charge in [-0.25, -0.2) is 14.8 Å². The molecule has 0 spiro atoms. The Morgan fingerprint density at radius 1 is 1.37 bits per heavy atom. The quantitative estimate of drug-likeness (QED) is 0.714. The van der Waals surface area contributed by atoms with Gasteiger partial charge < -0.3 is 9.72 Å². The smallest absolute Gasteiger partial charge is 0.337 e. The monoisotopic (exact) mass is 255 g/mol. The van der Waals surface area contributed by atoms with Crippen molar-refractivity contribution in [3.63, 3.8) is 0 Å². The number of fused-ring (bicyclic) bond motifs is 3. The van der Waals surface area contributed by atoms with Gasteiger partial charge in [0.2, 0.25) is 0 Å². The predicted octanol–water partition coefficient (Wildman–Crippen LogP) is 2.46. The number of ether oxygens (including phenoxy) is 1. The normalized spacial score (nSPS) is 11.1. The summed E-state index contributed by atoms with van der Waals surface area (Å²) in [7, 11) is 1.37. The number of aromatic amines is 1. The summed E-state index contributed by atoms with van der Waals surface area (Å²) in [6.45, 7) is 2.01. The molecule has 0 atom stereocenters. The van der Waals surface area contributed by atoms with Crippen LogP contribution >= 0.6 is 0 Å². The maximum atomic E-state index is 11.5. The molecule has 96 valence electrons. The van der Waals surface area contributed by atoms with Crippen LogP contribution in [0, 0.1) is 0 Å². The van der Waals surface area contributed by atoms with Gasteiger partial charge >= 0.3 is 5.97 Å². The highest BCUT2D eigenvalue weighted by molar-refractivity contribution is 6.07. The van der Waals surface area contributed by atoms with Gasteiger partial charge in [-0.3, -0.25) is 0 Å². The molecule has 3 aromatic rings. The highest BCUT2D eigenvalue weighted by Crippen LogP contribution is 2.24. The first kappa shape index (κ1) is 11.6. The number of carbonyl (C=O) groups excluding carboxylic acids is 1. The minimum Gasteiger partial charge on any atom is -0.465 e. The lowest BCUT2D eigenvalue weighted by Gasteiger charge is -1.98. The Bertz CT molecular complexity index is 777. The SMILES string of the molecule is CCc1ncc2c(n1)[nH]c1cc(C(=O)OC)ccc12. The highest BCUT2D eigenvalue weighted by Gasteiger charge is 2.10. The van der Waals surface area contributed by atoms with Gasteiger partial charge in [-0.15, -0.1) is 0 Å². The third-order valence-corrected chi connectivity index (χ3v) is 3.14. The second kappa shape index (κ2) is 4.35. The molecule has 1 aromatic carbocycles. The van der Waals surface area contributed by atoms with Gasteiger partial charge in [0.05, 0.1) is 12.7 Å². The number of nitrogens with one attached hydrogen (secondary N) is 1. The van der Waals surface area contributed by atoms with Crippen LogP contribution in [-0.4, -0.2) is 28.0 Å². The number of benzene rings is 1. The molecule has 0 bridgehead atoms.